The molecule has 8 nitrogen and oxygen atoms in total. The van der Waals surface area contributed by atoms with Crippen molar-refractivity contribution in [2.75, 3.05) is 11.9 Å². The number of nitrogens with one attached hydrogen (secondary N) is 1. The first kappa shape index (κ1) is 22.2. The van der Waals surface area contributed by atoms with Crippen molar-refractivity contribution in [3.63, 3.8) is 0 Å². The zero-order valence-corrected chi connectivity index (χ0v) is 17.9. The molecular weight excluding hydrogens is 451 g/mol. The summed E-state index contributed by atoms with van der Waals surface area (Å²) in [5.41, 5.74) is 1.36. The van der Waals surface area contributed by atoms with Crippen molar-refractivity contribution in [1.82, 2.24) is 9.88 Å². The third-order valence-corrected chi connectivity index (χ3v) is 5.07. The molecule has 1 aliphatic rings. The number of anilines is 1. The molecule has 1 aromatic heterocycles. The summed E-state index contributed by atoms with van der Waals surface area (Å²) in [5, 5.41) is 13.0. The smallest absolute Gasteiger partial charge is 0.318 e. The Bertz CT molecular complexity index is 1200. The Morgan fingerprint density at radius 1 is 1.15 bits per heavy atom. The van der Waals surface area contributed by atoms with Gasteiger partial charge in [0.25, 0.3) is 0 Å². The van der Waals surface area contributed by atoms with Gasteiger partial charge in [-0.2, -0.15) is 9.37 Å². The van der Waals surface area contributed by atoms with Gasteiger partial charge in [0.1, 0.15) is 5.75 Å². The number of benzene rings is 2. The van der Waals surface area contributed by atoms with Crippen molar-refractivity contribution in [2.45, 2.75) is 6.54 Å². The Hall–Kier alpha value is -3.98. The number of carbonyl (C=O) groups excluding carboxylic acids is 1. The predicted molar refractivity (Wildman–Crippen MR) is 120 cm³/mol. The largest absolute Gasteiger partial charge is 0.481 e. The maximum atomic E-state index is 13.2. The van der Waals surface area contributed by atoms with E-state index in [-0.39, 0.29) is 24.9 Å². The molecule has 1 atom stereocenters. The van der Waals surface area contributed by atoms with Gasteiger partial charge in [0.05, 0.1) is 13.1 Å². The van der Waals surface area contributed by atoms with E-state index in [1.807, 2.05) is 0 Å². The monoisotopic (exact) mass is 468 g/mol. The van der Waals surface area contributed by atoms with Gasteiger partial charge in [0.15, 0.2) is 5.92 Å². The SMILES string of the molecule is O=C(O)C1CN=C(Nc2ccc(Oc3cccc(F)n3)cc2)N(Cc2ccc(Cl)cc2)C1=O. The van der Waals surface area contributed by atoms with E-state index < -0.39 is 23.7 Å². The van der Waals surface area contributed by atoms with Crippen LogP contribution in [-0.2, 0) is 16.1 Å². The molecular formula is C23H18ClFN4O4. The highest BCUT2D eigenvalue weighted by Crippen LogP contribution is 2.23. The van der Waals surface area contributed by atoms with Crippen LogP contribution in [0, 0.1) is 11.9 Å². The molecule has 0 saturated carbocycles. The molecule has 3 aromatic rings. The average Bonchev–Trinajstić information content (AvgIpc) is 2.78. The lowest BCUT2D eigenvalue weighted by molar-refractivity contribution is -0.149. The van der Waals surface area contributed by atoms with Gasteiger partial charge in [-0.1, -0.05) is 29.8 Å². The number of carboxylic acid groups (broad SMARTS) is 1. The maximum Gasteiger partial charge on any atom is 0.318 e. The number of pyridine rings is 1. The Balaban J connectivity index is 1.52. The Morgan fingerprint density at radius 2 is 1.88 bits per heavy atom. The molecule has 1 amide bonds. The number of hydrogen-bond acceptors (Lipinski definition) is 6. The molecule has 0 radical (unpaired) electrons. The lowest BCUT2D eigenvalue weighted by Gasteiger charge is -2.31. The Kier molecular flexibility index (Phi) is 6.50. The molecule has 0 bridgehead atoms. The van der Waals surface area contributed by atoms with Gasteiger partial charge in [-0.3, -0.25) is 19.5 Å². The Labute approximate surface area is 193 Å². The van der Waals surface area contributed by atoms with Crippen molar-refractivity contribution in [1.29, 1.82) is 0 Å². The average molecular weight is 469 g/mol. The summed E-state index contributed by atoms with van der Waals surface area (Å²) < 4.78 is 18.7. The van der Waals surface area contributed by atoms with Crippen LogP contribution >= 0.6 is 11.6 Å². The van der Waals surface area contributed by atoms with Crippen molar-refractivity contribution < 1.29 is 23.8 Å². The van der Waals surface area contributed by atoms with Gasteiger partial charge < -0.3 is 15.2 Å². The van der Waals surface area contributed by atoms with Gasteiger partial charge in [-0.05, 0) is 48.0 Å². The van der Waals surface area contributed by atoms with Crippen LogP contribution in [0.5, 0.6) is 11.6 Å². The fourth-order valence-corrected chi connectivity index (χ4v) is 3.28. The van der Waals surface area contributed by atoms with Gasteiger partial charge in [-0.15, -0.1) is 0 Å². The lowest BCUT2D eigenvalue weighted by Crippen LogP contribution is -2.50. The topological polar surface area (TPSA) is 104 Å². The summed E-state index contributed by atoms with van der Waals surface area (Å²) in [4.78, 5) is 33.6. The maximum absolute atomic E-state index is 13.2. The highest BCUT2D eigenvalue weighted by molar-refractivity contribution is 6.30. The van der Waals surface area contributed by atoms with Crippen LogP contribution in [0.1, 0.15) is 5.56 Å². The summed E-state index contributed by atoms with van der Waals surface area (Å²) in [6.07, 6.45) is 0. The van der Waals surface area contributed by atoms with E-state index in [0.29, 0.717) is 16.5 Å². The molecule has 168 valence electrons. The van der Waals surface area contributed by atoms with E-state index in [1.165, 1.54) is 23.1 Å². The minimum Gasteiger partial charge on any atom is -0.481 e. The summed E-state index contributed by atoms with van der Waals surface area (Å²) in [7, 11) is 0. The quantitative estimate of drug-likeness (QED) is 0.415. The second-order valence-corrected chi connectivity index (χ2v) is 7.59. The third kappa shape index (κ3) is 5.45. The number of ether oxygens (including phenoxy) is 1. The third-order valence-electron chi connectivity index (χ3n) is 4.82. The number of hydrogen-bond donors (Lipinski definition) is 2. The second-order valence-electron chi connectivity index (χ2n) is 7.16. The fraction of sp³-hybridized carbons (Fsp3) is 0.130. The van der Waals surface area contributed by atoms with Crippen molar-refractivity contribution in [3.8, 4) is 11.6 Å². The number of amides is 1. The van der Waals surface area contributed by atoms with Crippen LogP contribution in [0.4, 0.5) is 10.1 Å². The van der Waals surface area contributed by atoms with E-state index in [9.17, 15) is 19.1 Å². The number of halogens is 2. The van der Waals surface area contributed by atoms with Gasteiger partial charge in [-0.25, -0.2) is 0 Å². The molecule has 1 unspecified atom stereocenters. The number of aromatic nitrogens is 1. The van der Waals surface area contributed by atoms with Crippen molar-refractivity contribution in [2.24, 2.45) is 10.9 Å². The van der Waals surface area contributed by atoms with Crippen LogP contribution in [-0.4, -0.2) is 39.4 Å². The zero-order chi connectivity index (χ0) is 23.4. The molecule has 0 fully saturated rings. The molecule has 10 heteroatoms. The predicted octanol–water partition coefficient (Wildman–Crippen LogP) is 4.18. The standard InChI is InChI=1S/C23H18ClFN4O4/c24-15-6-4-14(5-7-15)13-29-21(30)18(22(31)32)12-26-23(29)27-16-8-10-17(11-9-16)33-20-3-1-2-19(25)28-20/h1-11,18H,12-13H2,(H,26,27)(H,31,32). The minimum absolute atomic E-state index is 0.117. The highest BCUT2D eigenvalue weighted by atomic mass is 35.5. The van der Waals surface area contributed by atoms with Crippen LogP contribution in [0.3, 0.4) is 0 Å². The molecule has 2 aromatic carbocycles. The van der Waals surface area contributed by atoms with Crippen LogP contribution in [0.2, 0.25) is 5.02 Å². The number of carbonyl (C=O) groups is 2. The van der Waals surface area contributed by atoms with Crippen LogP contribution in [0.25, 0.3) is 0 Å². The molecule has 1 aliphatic heterocycles. The molecule has 33 heavy (non-hydrogen) atoms. The number of guanidine groups is 1. The van der Waals surface area contributed by atoms with Crippen LogP contribution in [0.15, 0.2) is 71.7 Å². The minimum atomic E-state index is -1.25. The highest BCUT2D eigenvalue weighted by Gasteiger charge is 2.36. The summed E-state index contributed by atoms with van der Waals surface area (Å²) >= 11 is 5.93. The first-order valence-corrected chi connectivity index (χ1v) is 10.3. The van der Waals surface area contributed by atoms with Gasteiger partial charge in [0, 0.05) is 16.8 Å². The molecule has 0 saturated heterocycles. The number of aliphatic imine (C=N–C) groups is 1. The fourth-order valence-electron chi connectivity index (χ4n) is 3.15. The number of nitrogens with zero attached hydrogens (tertiary/aromatic N) is 3. The first-order valence-electron chi connectivity index (χ1n) is 9.89. The molecule has 2 N–H and O–H groups in total. The van der Waals surface area contributed by atoms with Crippen LogP contribution < -0.4 is 10.1 Å². The van der Waals surface area contributed by atoms with E-state index in [0.717, 1.165) is 5.56 Å². The summed E-state index contributed by atoms with van der Waals surface area (Å²) in [5.74, 6) is -2.91. The van der Waals surface area contributed by atoms with Crippen molar-refractivity contribution >= 4 is 35.1 Å². The van der Waals surface area contributed by atoms with Crippen molar-refractivity contribution in [3.05, 3.63) is 83.3 Å². The van der Waals surface area contributed by atoms with E-state index in [2.05, 4.69) is 15.3 Å². The van der Waals surface area contributed by atoms with E-state index >= 15 is 0 Å². The Morgan fingerprint density at radius 3 is 2.55 bits per heavy atom. The normalized spacial score (nSPS) is 15.7. The van der Waals surface area contributed by atoms with E-state index in [4.69, 9.17) is 16.3 Å². The summed E-state index contributed by atoms with van der Waals surface area (Å²) in [6.45, 7) is -0.0435. The lowest BCUT2D eigenvalue weighted by atomic mass is 10.1. The van der Waals surface area contributed by atoms with E-state index in [1.54, 1.807) is 48.5 Å². The molecule has 0 aliphatic carbocycles. The molecule has 2 heterocycles. The zero-order valence-electron chi connectivity index (χ0n) is 17.1. The molecule has 0 spiro atoms. The van der Waals surface area contributed by atoms with Gasteiger partial charge in [0.2, 0.25) is 23.7 Å². The first-order chi connectivity index (χ1) is 15.9. The number of aliphatic carboxylic acids is 1. The molecule has 4 rings (SSSR count). The van der Waals surface area contributed by atoms with Gasteiger partial charge >= 0.3 is 5.97 Å². The second kappa shape index (κ2) is 9.66. The number of carboxylic acids is 1. The number of rotatable bonds is 6. The summed E-state index contributed by atoms with van der Waals surface area (Å²) in [6, 6.07) is 17.8.